The van der Waals surface area contributed by atoms with E-state index in [1.807, 2.05) is 30.3 Å². The van der Waals surface area contributed by atoms with Gasteiger partial charge in [0.05, 0.1) is 6.33 Å². The average molecular weight is 647 g/mol. The number of carbonyl (C=O) groups excluding carboxylic acids is 2. The number of aromatic hydroxyl groups is 1. The maximum atomic E-state index is 14.1. The van der Waals surface area contributed by atoms with Gasteiger partial charge < -0.3 is 47.1 Å². The van der Waals surface area contributed by atoms with Crippen molar-refractivity contribution in [3.05, 3.63) is 83.3 Å². The summed E-state index contributed by atoms with van der Waals surface area (Å²) < 4.78 is 5.59. The number of phenols is 1. The first-order valence-electron chi connectivity index (χ1n) is 14.8. The summed E-state index contributed by atoms with van der Waals surface area (Å²) in [5.74, 6) is -0.933. The van der Waals surface area contributed by atoms with E-state index in [2.05, 4.69) is 41.1 Å². The van der Waals surface area contributed by atoms with Crippen molar-refractivity contribution in [2.45, 2.75) is 57.7 Å². The van der Waals surface area contributed by atoms with Gasteiger partial charge in [0.25, 0.3) is 0 Å². The molecule has 47 heavy (non-hydrogen) atoms. The lowest BCUT2D eigenvalue weighted by atomic mass is 9.95. The van der Waals surface area contributed by atoms with Gasteiger partial charge in [0.1, 0.15) is 23.9 Å². The Balaban J connectivity index is 1.63. The van der Waals surface area contributed by atoms with Gasteiger partial charge in [0, 0.05) is 36.8 Å². The number of aromatic amines is 1. The summed E-state index contributed by atoms with van der Waals surface area (Å²) in [6, 6.07) is 9.08. The molecule has 16 heteroatoms. The second kappa shape index (κ2) is 15.9. The number of amides is 3. The fraction of sp³-hybridized carbons (Fsp3) is 0.323. The van der Waals surface area contributed by atoms with Crippen molar-refractivity contribution in [2.75, 3.05) is 6.54 Å². The highest BCUT2D eigenvalue weighted by Gasteiger charge is 2.31. The Bertz CT molecular complexity index is 1660. The average Bonchev–Trinajstić information content (AvgIpc) is 3.72. The molecule has 2 heterocycles. The molecule has 10 N–H and O–H groups in total. The monoisotopic (exact) mass is 646 g/mol. The standard InChI is InChI=1S/C31H38N10O6/c1-17-11-21(42)12-18(2)22(17)14-24(37-27(43)23(39-31(45)46)9-6-10-35-30(32)33)28(44)38-25(13-20-15-34-16-36-20)29-40-26(41-47-29)19-7-4-3-5-8-19/h3-5,7-8,11-12,15-16,23-25,39,42H,6,9-10,13-14H2,1-2H3,(H,34,36)(H,37,43)(H,38,44)(H,45,46)(H4,32,33,35). The number of nitrogens with two attached hydrogens (primary N) is 2. The largest absolute Gasteiger partial charge is 0.508 e. The van der Waals surface area contributed by atoms with Gasteiger partial charge in [0.15, 0.2) is 5.96 Å². The zero-order valence-electron chi connectivity index (χ0n) is 25.9. The third-order valence-corrected chi connectivity index (χ3v) is 7.35. The summed E-state index contributed by atoms with van der Waals surface area (Å²) in [6.45, 7) is 3.73. The van der Waals surface area contributed by atoms with Crippen LogP contribution in [0.1, 0.15) is 47.2 Å². The molecular weight excluding hydrogens is 608 g/mol. The molecule has 4 aromatic rings. The SMILES string of the molecule is Cc1cc(O)cc(C)c1CC(NC(=O)C(CCCN=C(N)N)NC(=O)O)C(=O)NC(Cc1cnc[nH]1)c1nc(-c2ccccc2)no1. The second-order valence-electron chi connectivity index (χ2n) is 10.9. The summed E-state index contributed by atoms with van der Waals surface area (Å²) in [4.78, 5) is 54.6. The minimum absolute atomic E-state index is 0.0270. The Morgan fingerprint density at radius 1 is 1.00 bits per heavy atom. The molecule has 0 radical (unpaired) electrons. The number of benzene rings is 2. The van der Waals surface area contributed by atoms with Crippen LogP contribution < -0.4 is 27.4 Å². The van der Waals surface area contributed by atoms with Crippen molar-refractivity contribution in [2.24, 2.45) is 16.5 Å². The van der Waals surface area contributed by atoms with Crippen molar-refractivity contribution in [1.29, 1.82) is 0 Å². The van der Waals surface area contributed by atoms with Gasteiger partial charge in [-0.25, -0.2) is 9.78 Å². The van der Waals surface area contributed by atoms with Gasteiger partial charge >= 0.3 is 6.09 Å². The molecule has 248 valence electrons. The van der Waals surface area contributed by atoms with Gasteiger partial charge in [-0.15, -0.1) is 0 Å². The molecular formula is C31H38N10O6. The topological polar surface area (TPSA) is 260 Å². The zero-order valence-corrected chi connectivity index (χ0v) is 25.9. The molecule has 4 rings (SSSR count). The molecule has 0 saturated carbocycles. The Labute approximate surface area is 270 Å². The minimum Gasteiger partial charge on any atom is -0.508 e. The van der Waals surface area contributed by atoms with Crippen LogP contribution in [0.3, 0.4) is 0 Å². The highest BCUT2D eigenvalue weighted by Crippen LogP contribution is 2.24. The molecule has 3 unspecified atom stereocenters. The van der Waals surface area contributed by atoms with Crippen LogP contribution in [-0.2, 0) is 22.4 Å². The third kappa shape index (κ3) is 9.78. The number of aliphatic imine (C=N–C) groups is 1. The Kier molecular flexibility index (Phi) is 11.5. The molecule has 0 aliphatic carbocycles. The Morgan fingerprint density at radius 3 is 2.34 bits per heavy atom. The number of carboxylic acid groups (broad SMARTS) is 1. The first kappa shape index (κ1) is 34.0. The normalized spacial score (nSPS) is 12.8. The van der Waals surface area contributed by atoms with Gasteiger partial charge in [-0.3, -0.25) is 14.6 Å². The summed E-state index contributed by atoms with van der Waals surface area (Å²) in [7, 11) is 0. The van der Waals surface area contributed by atoms with E-state index in [1.165, 1.54) is 6.33 Å². The number of carbonyl (C=O) groups is 3. The first-order chi connectivity index (χ1) is 22.5. The van der Waals surface area contributed by atoms with E-state index in [0.29, 0.717) is 33.8 Å². The number of hydrogen-bond acceptors (Lipinski definition) is 9. The predicted octanol–water partition coefficient (Wildman–Crippen LogP) is 1.60. The lowest BCUT2D eigenvalue weighted by Crippen LogP contribution is -2.55. The number of H-pyrrole nitrogens is 1. The Hall–Kier alpha value is -5.93. The van der Waals surface area contributed by atoms with Crippen LogP contribution in [0, 0.1) is 13.8 Å². The molecule has 0 fully saturated rings. The summed E-state index contributed by atoms with van der Waals surface area (Å²) in [5, 5.41) is 31.4. The van der Waals surface area contributed by atoms with Crippen molar-refractivity contribution in [3.63, 3.8) is 0 Å². The number of guanidine groups is 1. The second-order valence-corrected chi connectivity index (χ2v) is 10.9. The van der Waals surface area contributed by atoms with E-state index in [0.717, 1.165) is 0 Å². The quantitative estimate of drug-likeness (QED) is 0.0522. The lowest BCUT2D eigenvalue weighted by molar-refractivity contribution is -0.130. The highest BCUT2D eigenvalue weighted by atomic mass is 16.5. The van der Waals surface area contributed by atoms with Crippen molar-refractivity contribution < 1.29 is 29.1 Å². The van der Waals surface area contributed by atoms with Gasteiger partial charge in [0.2, 0.25) is 23.5 Å². The number of aryl methyl sites for hydroxylation is 2. The number of nitrogens with zero attached hydrogens (tertiary/aromatic N) is 4. The maximum Gasteiger partial charge on any atom is 0.405 e. The summed E-state index contributed by atoms with van der Waals surface area (Å²) >= 11 is 0. The number of imidazole rings is 1. The van der Waals surface area contributed by atoms with E-state index in [4.69, 9.17) is 16.0 Å². The molecule has 16 nitrogen and oxygen atoms in total. The van der Waals surface area contributed by atoms with Crippen molar-refractivity contribution in [3.8, 4) is 17.1 Å². The molecule has 3 atom stereocenters. The molecule has 2 aromatic heterocycles. The van der Waals surface area contributed by atoms with E-state index in [9.17, 15) is 24.6 Å². The summed E-state index contributed by atoms with van der Waals surface area (Å²) in [5.41, 5.74) is 14.2. The van der Waals surface area contributed by atoms with Crippen molar-refractivity contribution in [1.82, 2.24) is 36.1 Å². The van der Waals surface area contributed by atoms with Crippen LogP contribution in [-0.4, -0.2) is 72.8 Å². The van der Waals surface area contributed by atoms with Crippen LogP contribution in [0.15, 0.2) is 64.5 Å². The van der Waals surface area contributed by atoms with Gasteiger partial charge in [-0.1, -0.05) is 35.5 Å². The number of hydrogen-bond donors (Lipinski definition) is 8. The number of nitrogens with one attached hydrogen (secondary N) is 4. The molecule has 0 spiro atoms. The number of phenolic OH excluding ortho intramolecular Hbond substituents is 1. The molecule has 3 amide bonds. The summed E-state index contributed by atoms with van der Waals surface area (Å²) in [6.07, 6.45) is 2.26. The molecule has 2 aromatic carbocycles. The smallest absolute Gasteiger partial charge is 0.405 e. The predicted molar refractivity (Wildman–Crippen MR) is 171 cm³/mol. The molecule has 0 bridgehead atoms. The van der Waals surface area contributed by atoms with Crippen LogP contribution >= 0.6 is 0 Å². The fourth-order valence-electron chi connectivity index (χ4n) is 5.07. The van der Waals surface area contributed by atoms with E-state index in [-0.39, 0.29) is 49.8 Å². The van der Waals surface area contributed by atoms with Gasteiger partial charge in [-0.2, -0.15) is 4.98 Å². The molecule has 0 aliphatic heterocycles. The highest BCUT2D eigenvalue weighted by molar-refractivity contribution is 5.91. The zero-order chi connectivity index (χ0) is 33.9. The van der Waals surface area contributed by atoms with Crippen LogP contribution in [0.5, 0.6) is 5.75 Å². The van der Waals surface area contributed by atoms with E-state index < -0.39 is 36.0 Å². The molecule has 0 aliphatic rings. The van der Waals surface area contributed by atoms with Crippen LogP contribution in [0.2, 0.25) is 0 Å². The van der Waals surface area contributed by atoms with Crippen LogP contribution in [0.4, 0.5) is 4.79 Å². The lowest BCUT2D eigenvalue weighted by Gasteiger charge is -2.25. The third-order valence-electron chi connectivity index (χ3n) is 7.35. The number of aromatic nitrogens is 4. The minimum atomic E-state index is -1.41. The van der Waals surface area contributed by atoms with Crippen LogP contribution in [0.25, 0.3) is 11.4 Å². The molecule has 0 saturated heterocycles. The van der Waals surface area contributed by atoms with Crippen molar-refractivity contribution >= 4 is 23.9 Å². The first-order valence-corrected chi connectivity index (χ1v) is 14.8. The van der Waals surface area contributed by atoms with E-state index in [1.54, 1.807) is 32.2 Å². The number of rotatable bonds is 15. The van der Waals surface area contributed by atoms with E-state index >= 15 is 0 Å². The maximum absolute atomic E-state index is 14.1. The van der Waals surface area contributed by atoms with Gasteiger partial charge in [-0.05, 0) is 55.5 Å². The Morgan fingerprint density at radius 2 is 1.70 bits per heavy atom. The fourth-order valence-corrected chi connectivity index (χ4v) is 5.07.